The van der Waals surface area contributed by atoms with Crippen LogP contribution in [-0.2, 0) is 0 Å². The van der Waals surface area contributed by atoms with Crippen LogP contribution in [0.1, 0.15) is 10.4 Å². The maximum Gasteiger partial charge on any atom is 0.387 e. The second-order valence-corrected chi connectivity index (χ2v) is 2.96. The lowest BCUT2D eigenvalue weighted by atomic mass is 10.2. The summed E-state index contributed by atoms with van der Waals surface area (Å²) >= 11 is 5.53. The van der Waals surface area contributed by atoms with Crippen LogP contribution in [0.5, 0.6) is 5.75 Å². The molecule has 15 heavy (non-hydrogen) atoms. The van der Waals surface area contributed by atoms with Gasteiger partial charge in [-0.1, -0.05) is 11.6 Å². The standard InChI is InChI=1S/C8H6ClF2NO3/c9-5-2-3(15-8(10)11)1-4(6(5)12)7(13)14/h1-2,8H,12H2,(H,13,14). The number of halogens is 3. The summed E-state index contributed by atoms with van der Waals surface area (Å²) in [6.45, 7) is -3.05. The van der Waals surface area contributed by atoms with E-state index in [1.165, 1.54) is 0 Å². The number of carbonyl (C=O) groups is 1. The normalized spacial score (nSPS) is 10.4. The van der Waals surface area contributed by atoms with Gasteiger partial charge in [0.15, 0.2) is 0 Å². The molecule has 1 aromatic rings. The first-order chi connectivity index (χ1) is 6.91. The largest absolute Gasteiger partial charge is 0.478 e. The number of hydrogen-bond acceptors (Lipinski definition) is 3. The van der Waals surface area contributed by atoms with E-state index in [4.69, 9.17) is 22.4 Å². The van der Waals surface area contributed by atoms with Crippen LogP contribution in [0.2, 0.25) is 5.02 Å². The van der Waals surface area contributed by atoms with Crippen LogP contribution in [0.25, 0.3) is 0 Å². The van der Waals surface area contributed by atoms with Crippen molar-refractivity contribution in [1.82, 2.24) is 0 Å². The zero-order chi connectivity index (χ0) is 11.6. The third-order valence-corrected chi connectivity index (χ3v) is 1.87. The lowest BCUT2D eigenvalue weighted by molar-refractivity contribution is -0.0499. The number of ether oxygens (including phenoxy) is 1. The highest BCUT2D eigenvalue weighted by Crippen LogP contribution is 2.29. The zero-order valence-corrected chi connectivity index (χ0v) is 7.96. The second-order valence-electron chi connectivity index (χ2n) is 2.55. The first-order valence-electron chi connectivity index (χ1n) is 3.69. The molecule has 1 rings (SSSR count). The van der Waals surface area contributed by atoms with E-state index in [0.29, 0.717) is 0 Å². The van der Waals surface area contributed by atoms with E-state index < -0.39 is 12.6 Å². The third-order valence-electron chi connectivity index (χ3n) is 1.56. The summed E-state index contributed by atoms with van der Waals surface area (Å²) in [5, 5.41) is 8.52. The Labute approximate surface area is 88.2 Å². The minimum Gasteiger partial charge on any atom is -0.478 e. The van der Waals surface area contributed by atoms with Crippen LogP contribution in [0.15, 0.2) is 12.1 Å². The summed E-state index contributed by atoms with van der Waals surface area (Å²) in [4.78, 5) is 10.6. The fourth-order valence-electron chi connectivity index (χ4n) is 0.941. The Balaban J connectivity index is 3.17. The number of aromatic carboxylic acids is 1. The van der Waals surface area contributed by atoms with E-state index in [0.717, 1.165) is 12.1 Å². The summed E-state index contributed by atoms with van der Waals surface area (Å²) in [7, 11) is 0. The van der Waals surface area contributed by atoms with Gasteiger partial charge in [0.25, 0.3) is 0 Å². The lowest BCUT2D eigenvalue weighted by Gasteiger charge is -2.08. The molecule has 4 nitrogen and oxygen atoms in total. The molecule has 0 fully saturated rings. The number of carboxylic acids is 1. The van der Waals surface area contributed by atoms with Crippen LogP contribution in [0.3, 0.4) is 0 Å². The highest BCUT2D eigenvalue weighted by molar-refractivity contribution is 6.34. The first kappa shape index (κ1) is 11.5. The van der Waals surface area contributed by atoms with Gasteiger partial charge in [-0.25, -0.2) is 4.79 Å². The molecule has 0 aliphatic heterocycles. The van der Waals surface area contributed by atoms with E-state index in [2.05, 4.69) is 4.74 Å². The quantitative estimate of drug-likeness (QED) is 0.791. The zero-order valence-electron chi connectivity index (χ0n) is 7.21. The van der Waals surface area contributed by atoms with Gasteiger partial charge in [0, 0.05) is 6.07 Å². The topological polar surface area (TPSA) is 72.5 Å². The van der Waals surface area contributed by atoms with Gasteiger partial charge in [-0.2, -0.15) is 8.78 Å². The molecule has 0 heterocycles. The van der Waals surface area contributed by atoms with Crippen molar-refractivity contribution in [2.75, 3.05) is 5.73 Å². The Morgan fingerprint density at radius 1 is 1.53 bits per heavy atom. The number of benzene rings is 1. The molecule has 0 aliphatic carbocycles. The molecule has 0 unspecified atom stereocenters. The summed E-state index contributed by atoms with van der Waals surface area (Å²) in [6, 6.07) is 1.91. The molecule has 0 saturated heterocycles. The number of carboxylic acid groups (broad SMARTS) is 1. The number of nitrogens with two attached hydrogens (primary N) is 1. The molecule has 0 atom stereocenters. The van der Waals surface area contributed by atoms with Crippen LogP contribution in [-0.4, -0.2) is 17.7 Å². The minimum atomic E-state index is -3.05. The van der Waals surface area contributed by atoms with Crippen molar-refractivity contribution >= 4 is 23.3 Å². The van der Waals surface area contributed by atoms with Crippen LogP contribution < -0.4 is 10.5 Å². The van der Waals surface area contributed by atoms with Crippen molar-refractivity contribution in [3.8, 4) is 5.75 Å². The van der Waals surface area contributed by atoms with E-state index >= 15 is 0 Å². The molecule has 0 bridgehead atoms. The molecule has 3 N–H and O–H groups in total. The average molecular weight is 238 g/mol. The maximum atomic E-state index is 11.8. The highest BCUT2D eigenvalue weighted by Gasteiger charge is 2.15. The fourth-order valence-corrected chi connectivity index (χ4v) is 1.15. The summed E-state index contributed by atoms with van der Waals surface area (Å²) < 4.78 is 27.7. The number of anilines is 1. The average Bonchev–Trinajstić information content (AvgIpc) is 2.09. The predicted octanol–water partition coefficient (Wildman–Crippen LogP) is 2.22. The molecule has 0 spiro atoms. The molecule has 0 radical (unpaired) electrons. The van der Waals surface area contributed by atoms with Crippen LogP contribution in [0, 0.1) is 0 Å². The Kier molecular flexibility index (Phi) is 3.31. The Hall–Kier alpha value is -1.56. The van der Waals surface area contributed by atoms with E-state index in [1.807, 2.05) is 0 Å². The van der Waals surface area contributed by atoms with Gasteiger partial charge in [-0.15, -0.1) is 0 Å². The summed E-state index contributed by atoms with van der Waals surface area (Å²) in [5.74, 6) is -1.71. The van der Waals surface area contributed by atoms with Crippen molar-refractivity contribution in [3.63, 3.8) is 0 Å². The maximum absolute atomic E-state index is 11.8. The third kappa shape index (κ3) is 2.69. The smallest absolute Gasteiger partial charge is 0.387 e. The van der Waals surface area contributed by atoms with Gasteiger partial charge in [-0.05, 0) is 6.07 Å². The van der Waals surface area contributed by atoms with Crippen molar-refractivity contribution < 1.29 is 23.4 Å². The molecule has 0 amide bonds. The van der Waals surface area contributed by atoms with Gasteiger partial charge in [0.2, 0.25) is 0 Å². The monoisotopic (exact) mass is 237 g/mol. The molecule has 1 aromatic carbocycles. The van der Waals surface area contributed by atoms with Crippen LogP contribution >= 0.6 is 11.6 Å². The van der Waals surface area contributed by atoms with Gasteiger partial charge < -0.3 is 15.6 Å². The molecule has 0 aromatic heterocycles. The van der Waals surface area contributed by atoms with Gasteiger partial charge in [0.1, 0.15) is 5.75 Å². The molecule has 0 aliphatic rings. The second kappa shape index (κ2) is 4.31. The highest BCUT2D eigenvalue weighted by atomic mass is 35.5. The summed E-state index contributed by atoms with van der Waals surface area (Å²) in [5.41, 5.74) is 4.76. The predicted molar refractivity (Wildman–Crippen MR) is 49.5 cm³/mol. The SMILES string of the molecule is Nc1c(Cl)cc(OC(F)F)cc1C(=O)O. The lowest BCUT2D eigenvalue weighted by Crippen LogP contribution is -2.06. The van der Waals surface area contributed by atoms with Crippen molar-refractivity contribution in [3.05, 3.63) is 22.7 Å². The van der Waals surface area contributed by atoms with Crippen molar-refractivity contribution in [2.24, 2.45) is 0 Å². The number of alkyl halides is 2. The van der Waals surface area contributed by atoms with Crippen molar-refractivity contribution in [1.29, 1.82) is 0 Å². The fraction of sp³-hybridized carbons (Fsp3) is 0.125. The van der Waals surface area contributed by atoms with E-state index in [9.17, 15) is 13.6 Å². The van der Waals surface area contributed by atoms with Gasteiger partial charge in [0.05, 0.1) is 16.3 Å². The Morgan fingerprint density at radius 2 is 2.13 bits per heavy atom. The molecular formula is C8H6ClF2NO3. The molecular weight excluding hydrogens is 232 g/mol. The van der Waals surface area contributed by atoms with Gasteiger partial charge >= 0.3 is 12.6 Å². The first-order valence-corrected chi connectivity index (χ1v) is 4.06. The molecule has 7 heteroatoms. The Bertz CT molecular complexity index is 398. The molecule has 82 valence electrons. The molecule has 0 saturated carbocycles. The van der Waals surface area contributed by atoms with Gasteiger partial charge in [-0.3, -0.25) is 0 Å². The Morgan fingerprint density at radius 3 is 2.60 bits per heavy atom. The number of nitrogen functional groups attached to an aromatic ring is 1. The van der Waals surface area contributed by atoms with Crippen molar-refractivity contribution in [2.45, 2.75) is 6.61 Å². The van der Waals surface area contributed by atoms with E-state index in [-0.39, 0.29) is 22.0 Å². The minimum absolute atomic E-state index is 0.148. The number of hydrogen-bond donors (Lipinski definition) is 2. The van der Waals surface area contributed by atoms with E-state index in [1.54, 1.807) is 0 Å². The van der Waals surface area contributed by atoms with Crippen LogP contribution in [0.4, 0.5) is 14.5 Å². The number of rotatable bonds is 3. The summed E-state index contributed by atoms with van der Waals surface area (Å²) in [6.07, 6.45) is 0.